The summed E-state index contributed by atoms with van der Waals surface area (Å²) in [4.78, 5) is 4.27. The Bertz CT molecular complexity index is 615. The number of hydrogen-bond acceptors (Lipinski definition) is 5. The van der Waals surface area contributed by atoms with E-state index in [4.69, 9.17) is 14.2 Å². The average molecular weight is 328 g/mol. The van der Waals surface area contributed by atoms with Crippen LogP contribution in [0.4, 0.5) is 0 Å². The minimum absolute atomic E-state index is 0.00589. The molecule has 0 radical (unpaired) electrons. The fourth-order valence-corrected chi connectivity index (χ4v) is 2.79. The molecule has 1 aliphatic rings. The Morgan fingerprint density at radius 1 is 1.25 bits per heavy atom. The molecule has 0 amide bonds. The Labute approximate surface area is 143 Å². The molecule has 0 unspecified atom stereocenters. The summed E-state index contributed by atoms with van der Waals surface area (Å²) in [7, 11) is 0. The monoisotopic (exact) mass is 328 g/mol. The first-order chi connectivity index (χ1) is 11.9. The molecule has 1 aromatic carbocycles. The fourth-order valence-electron chi connectivity index (χ4n) is 2.79. The number of hydrogen-bond donors (Lipinski definition) is 1. The van der Waals surface area contributed by atoms with Crippen molar-refractivity contribution in [3.8, 4) is 11.6 Å². The first-order valence-corrected chi connectivity index (χ1v) is 8.47. The number of pyridine rings is 1. The third kappa shape index (κ3) is 4.46. The molecule has 2 aromatic rings. The van der Waals surface area contributed by atoms with Crippen molar-refractivity contribution in [2.24, 2.45) is 0 Å². The van der Waals surface area contributed by atoms with Crippen LogP contribution in [0.15, 0.2) is 48.7 Å². The van der Waals surface area contributed by atoms with Crippen molar-refractivity contribution in [1.29, 1.82) is 0 Å². The minimum Gasteiger partial charge on any atom is -0.482 e. The van der Waals surface area contributed by atoms with Crippen LogP contribution in [0.2, 0.25) is 0 Å². The number of aromatic nitrogens is 1. The van der Waals surface area contributed by atoms with Crippen LogP contribution in [0, 0.1) is 0 Å². The maximum absolute atomic E-state index is 6.29. The highest BCUT2D eigenvalue weighted by Crippen LogP contribution is 2.27. The predicted molar refractivity (Wildman–Crippen MR) is 92.6 cm³/mol. The molecule has 2 heterocycles. The summed E-state index contributed by atoms with van der Waals surface area (Å²) in [5.74, 6) is 1.19. The Kier molecular flexibility index (Phi) is 6.04. The van der Waals surface area contributed by atoms with Crippen LogP contribution in [-0.4, -0.2) is 43.5 Å². The molecule has 0 spiro atoms. The molecule has 0 saturated carbocycles. The van der Waals surface area contributed by atoms with Gasteiger partial charge in [-0.05, 0) is 24.6 Å². The van der Waals surface area contributed by atoms with E-state index in [0.29, 0.717) is 24.8 Å². The Morgan fingerprint density at radius 3 is 2.88 bits per heavy atom. The van der Waals surface area contributed by atoms with Crippen molar-refractivity contribution in [2.75, 3.05) is 26.3 Å². The third-order valence-corrected chi connectivity index (χ3v) is 3.95. The summed E-state index contributed by atoms with van der Waals surface area (Å²) in [5, 5.41) is 3.37. The van der Waals surface area contributed by atoms with E-state index in [1.807, 2.05) is 37.3 Å². The van der Waals surface area contributed by atoms with Crippen LogP contribution >= 0.6 is 0 Å². The van der Waals surface area contributed by atoms with Gasteiger partial charge in [-0.25, -0.2) is 4.98 Å². The number of morpholine rings is 1. The molecular formula is C19H24N2O3. The van der Waals surface area contributed by atoms with Gasteiger partial charge in [0.25, 0.3) is 5.88 Å². The van der Waals surface area contributed by atoms with Crippen LogP contribution in [0.5, 0.6) is 11.6 Å². The second-order valence-electron chi connectivity index (χ2n) is 5.70. The standard InChI is InChI=1S/C19H24N2O3/c1-2-22-19-16(9-6-10-21-19)24-17(18-14-20-11-12-23-18)13-15-7-4-3-5-8-15/h3-10,17-18,20H,2,11-14H2,1H3/t17-,18-/m0/s1. The zero-order valence-electron chi connectivity index (χ0n) is 14.0. The molecule has 3 rings (SSSR count). The largest absolute Gasteiger partial charge is 0.482 e. The first kappa shape index (κ1) is 16.7. The van der Waals surface area contributed by atoms with Gasteiger partial charge in [-0.15, -0.1) is 0 Å². The molecule has 128 valence electrons. The number of benzene rings is 1. The summed E-state index contributed by atoms with van der Waals surface area (Å²) in [6, 6.07) is 14.1. The van der Waals surface area contributed by atoms with Crippen molar-refractivity contribution in [3.05, 3.63) is 54.2 Å². The molecule has 1 saturated heterocycles. The van der Waals surface area contributed by atoms with Gasteiger partial charge in [-0.2, -0.15) is 0 Å². The highest BCUT2D eigenvalue weighted by Gasteiger charge is 2.27. The molecule has 1 aliphatic heterocycles. The van der Waals surface area contributed by atoms with E-state index in [0.717, 1.165) is 19.5 Å². The molecule has 2 atom stereocenters. The van der Waals surface area contributed by atoms with Crippen molar-refractivity contribution in [3.63, 3.8) is 0 Å². The molecule has 24 heavy (non-hydrogen) atoms. The molecule has 5 nitrogen and oxygen atoms in total. The van der Waals surface area contributed by atoms with Gasteiger partial charge in [0, 0.05) is 25.7 Å². The minimum atomic E-state index is -0.108. The highest BCUT2D eigenvalue weighted by atomic mass is 16.6. The van der Waals surface area contributed by atoms with Crippen LogP contribution in [0.1, 0.15) is 12.5 Å². The van der Waals surface area contributed by atoms with Crippen molar-refractivity contribution >= 4 is 0 Å². The average Bonchev–Trinajstić information content (AvgIpc) is 2.64. The fraction of sp³-hybridized carbons (Fsp3) is 0.421. The van der Waals surface area contributed by atoms with Gasteiger partial charge in [-0.3, -0.25) is 0 Å². The van der Waals surface area contributed by atoms with Gasteiger partial charge in [0.1, 0.15) is 12.2 Å². The summed E-state index contributed by atoms with van der Waals surface area (Å²) in [6.07, 6.45) is 2.37. The van der Waals surface area contributed by atoms with Crippen LogP contribution < -0.4 is 14.8 Å². The maximum Gasteiger partial charge on any atom is 0.256 e. The SMILES string of the molecule is CCOc1ncccc1O[C@@H](Cc1ccccc1)[C@@H]1CNCCO1. The number of ether oxygens (including phenoxy) is 3. The topological polar surface area (TPSA) is 52.6 Å². The molecule has 1 N–H and O–H groups in total. The lowest BCUT2D eigenvalue weighted by molar-refractivity contribution is -0.0422. The smallest absolute Gasteiger partial charge is 0.256 e. The normalized spacial score (nSPS) is 18.8. The van der Waals surface area contributed by atoms with E-state index in [2.05, 4.69) is 22.4 Å². The predicted octanol–water partition coefficient (Wildman–Crippen LogP) is 2.46. The van der Waals surface area contributed by atoms with Gasteiger partial charge in [0.2, 0.25) is 0 Å². The summed E-state index contributed by atoms with van der Waals surface area (Å²) >= 11 is 0. The second-order valence-corrected chi connectivity index (χ2v) is 5.70. The Balaban J connectivity index is 1.79. The third-order valence-electron chi connectivity index (χ3n) is 3.95. The second kappa shape index (κ2) is 8.66. The first-order valence-electron chi connectivity index (χ1n) is 8.47. The van der Waals surface area contributed by atoms with E-state index < -0.39 is 0 Å². The van der Waals surface area contributed by atoms with Crippen LogP contribution in [-0.2, 0) is 11.2 Å². The maximum atomic E-state index is 6.29. The lowest BCUT2D eigenvalue weighted by Gasteiger charge is -2.31. The van der Waals surface area contributed by atoms with Crippen LogP contribution in [0.25, 0.3) is 0 Å². The Hall–Kier alpha value is -2.11. The molecule has 0 bridgehead atoms. The molecular weight excluding hydrogens is 304 g/mol. The van der Waals surface area contributed by atoms with Gasteiger partial charge in [0.05, 0.1) is 13.2 Å². The van der Waals surface area contributed by atoms with Crippen molar-refractivity contribution in [2.45, 2.75) is 25.6 Å². The van der Waals surface area contributed by atoms with Gasteiger partial charge in [-0.1, -0.05) is 30.3 Å². The lowest BCUT2D eigenvalue weighted by atomic mass is 10.0. The zero-order chi connectivity index (χ0) is 16.6. The van der Waals surface area contributed by atoms with Crippen molar-refractivity contribution in [1.82, 2.24) is 10.3 Å². The van der Waals surface area contributed by atoms with E-state index >= 15 is 0 Å². The Morgan fingerprint density at radius 2 is 2.12 bits per heavy atom. The summed E-state index contributed by atoms with van der Waals surface area (Å²) < 4.78 is 17.8. The summed E-state index contributed by atoms with van der Waals surface area (Å²) in [5.41, 5.74) is 1.22. The lowest BCUT2D eigenvalue weighted by Crippen LogP contribution is -2.48. The molecule has 1 fully saturated rings. The number of nitrogens with zero attached hydrogens (tertiary/aromatic N) is 1. The number of nitrogens with one attached hydrogen (secondary N) is 1. The van der Waals surface area contributed by atoms with E-state index in [9.17, 15) is 0 Å². The van der Waals surface area contributed by atoms with E-state index in [-0.39, 0.29) is 12.2 Å². The molecule has 1 aromatic heterocycles. The van der Waals surface area contributed by atoms with Gasteiger partial charge in [0.15, 0.2) is 5.75 Å². The molecule has 0 aliphatic carbocycles. The van der Waals surface area contributed by atoms with E-state index in [1.165, 1.54) is 5.56 Å². The van der Waals surface area contributed by atoms with Gasteiger partial charge >= 0.3 is 0 Å². The van der Waals surface area contributed by atoms with Gasteiger partial charge < -0.3 is 19.5 Å². The van der Waals surface area contributed by atoms with Crippen LogP contribution in [0.3, 0.4) is 0 Å². The number of rotatable bonds is 7. The zero-order valence-corrected chi connectivity index (χ0v) is 14.0. The quantitative estimate of drug-likeness (QED) is 0.846. The highest BCUT2D eigenvalue weighted by molar-refractivity contribution is 5.33. The van der Waals surface area contributed by atoms with Crippen molar-refractivity contribution < 1.29 is 14.2 Å². The molecule has 5 heteroatoms. The van der Waals surface area contributed by atoms with E-state index in [1.54, 1.807) is 6.20 Å². The summed E-state index contributed by atoms with van der Waals surface area (Å²) in [6.45, 7) is 4.85.